The lowest BCUT2D eigenvalue weighted by molar-refractivity contribution is 0.415. The molecule has 4 heteroatoms. The first-order valence-electron chi connectivity index (χ1n) is 9.17. The van der Waals surface area contributed by atoms with Gasteiger partial charge in [0, 0.05) is 17.6 Å². The number of aromatic nitrogens is 1. The molecule has 1 heterocycles. The van der Waals surface area contributed by atoms with Gasteiger partial charge in [0.15, 0.2) is 0 Å². The highest BCUT2D eigenvalue weighted by Crippen LogP contribution is 2.31. The number of benzene rings is 3. The highest BCUT2D eigenvalue weighted by atomic mass is 32.1. The van der Waals surface area contributed by atoms with Gasteiger partial charge in [0.05, 0.1) is 17.3 Å². The van der Waals surface area contributed by atoms with Crippen LogP contribution in [-0.2, 0) is 0 Å². The molecule has 0 aliphatic carbocycles. The van der Waals surface area contributed by atoms with Crippen LogP contribution in [0, 0.1) is 0 Å². The number of ether oxygens (including phenoxy) is 1. The molecule has 0 radical (unpaired) electrons. The zero-order valence-electron chi connectivity index (χ0n) is 15.5. The molecule has 0 aliphatic rings. The third kappa shape index (κ3) is 3.67. The van der Waals surface area contributed by atoms with E-state index in [9.17, 15) is 0 Å². The quantitative estimate of drug-likeness (QED) is 0.452. The summed E-state index contributed by atoms with van der Waals surface area (Å²) in [5.74, 6) is 0.861. The van der Waals surface area contributed by atoms with Crippen LogP contribution >= 0.6 is 11.3 Å². The second-order valence-corrected chi connectivity index (χ2v) is 7.46. The number of methoxy groups -OCH3 is 1. The minimum atomic E-state index is 0.861. The van der Waals surface area contributed by atoms with E-state index in [0.717, 1.165) is 40.5 Å². The maximum atomic E-state index is 5.28. The summed E-state index contributed by atoms with van der Waals surface area (Å²) in [6.45, 7) is 3.09. The average molecular weight is 375 g/mol. The van der Waals surface area contributed by atoms with Gasteiger partial charge in [-0.1, -0.05) is 37.3 Å². The highest BCUT2D eigenvalue weighted by molar-refractivity contribution is 7.19. The van der Waals surface area contributed by atoms with Crippen molar-refractivity contribution in [2.45, 2.75) is 13.3 Å². The van der Waals surface area contributed by atoms with E-state index >= 15 is 0 Å². The van der Waals surface area contributed by atoms with E-state index in [0.29, 0.717) is 0 Å². The molecule has 1 N–H and O–H groups in total. The first-order chi connectivity index (χ1) is 13.3. The van der Waals surface area contributed by atoms with Crippen molar-refractivity contribution in [1.29, 1.82) is 0 Å². The van der Waals surface area contributed by atoms with Crippen molar-refractivity contribution in [3.05, 3.63) is 71.2 Å². The maximum Gasteiger partial charge on any atom is 0.119 e. The smallest absolute Gasteiger partial charge is 0.119 e. The molecule has 0 fully saturated rings. The summed E-state index contributed by atoms with van der Waals surface area (Å²) in [4.78, 5) is 4.93. The summed E-state index contributed by atoms with van der Waals surface area (Å²) in [5, 5.41) is 6.98. The Morgan fingerprint density at radius 2 is 1.89 bits per heavy atom. The van der Waals surface area contributed by atoms with E-state index in [2.05, 4.69) is 66.8 Å². The SMILES string of the molecule is CCCNC(=Cc1nc2c(ccc3ccccc32)s1)c1ccc(OC)cc1. The third-order valence-electron chi connectivity index (χ3n) is 4.53. The number of thiazole rings is 1. The summed E-state index contributed by atoms with van der Waals surface area (Å²) in [6, 6.07) is 20.9. The van der Waals surface area contributed by atoms with Crippen LogP contribution in [0.2, 0.25) is 0 Å². The first-order valence-corrected chi connectivity index (χ1v) is 9.98. The van der Waals surface area contributed by atoms with Crippen molar-refractivity contribution >= 4 is 44.1 Å². The van der Waals surface area contributed by atoms with Gasteiger partial charge >= 0.3 is 0 Å². The second-order valence-electron chi connectivity index (χ2n) is 6.40. The van der Waals surface area contributed by atoms with E-state index < -0.39 is 0 Å². The number of hydrogen-bond donors (Lipinski definition) is 1. The Labute approximate surface area is 163 Å². The van der Waals surface area contributed by atoms with Crippen LogP contribution in [0.5, 0.6) is 5.75 Å². The molecule has 0 amide bonds. The monoisotopic (exact) mass is 374 g/mol. The largest absolute Gasteiger partial charge is 0.497 e. The van der Waals surface area contributed by atoms with Gasteiger partial charge in [-0.3, -0.25) is 0 Å². The minimum Gasteiger partial charge on any atom is -0.497 e. The van der Waals surface area contributed by atoms with Gasteiger partial charge in [-0.25, -0.2) is 4.98 Å². The normalized spacial score (nSPS) is 11.9. The van der Waals surface area contributed by atoms with Crippen LogP contribution in [0.25, 0.3) is 32.8 Å². The summed E-state index contributed by atoms with van der Waals surface area (Å²) in [7, 11) is 1.69. The van der Waals surface area contributed by atoms with Crippen LogP contribution in [-0.4, -0.2) is 18.6 Å². The standard InChI is InChI=1S/C23H22N2OS/c1-3-14-24-20(17-8-11-18(26-2)12-9-17)15-22-25-23-19-7-5-4-6-16(19)10-13-21(23)27-22/h4-13,15,24H,3,14H2,1-2H3. The Hall–Kier alpha value is -2.85. The Morgan fingerprint density at radius 3 is 2.67 bits per heavy atom. The number of rotatable bonds is 6. The van der Waals surface area contributed by atoms with Gasteiger partial charge in [0.1, 0.15) is 10.8 Å². The summed E-state index contributed by atoms with van der Waals surface area (Å²) >= 11 is 1.72. The lowest BCUT2D eigenvalue weighted by atomic mass is 10.1. The molecule has 0 bridgehead atoms. The fourth-order valence-electron chi connectivity index (χ4n) is 3.13. The van der Waals surface area contributed by atoms with Crippen LogP contribution in [0.15, 0.2) is 60.7 Å². The molecule has 0 aliphatic heterocycles. The maximum absolute atomic E-state index is 5.28. The van der Waals surface area contributed by atoms with Crippen molar-refractivity contribution in [2.75, 3.05) is 13.7 Å². The lowest BCUT2D eigenvalue weighted by Gasteiger charge is -2.11. The highest BCUT2D eigenvalue weighted by Gasteiger charge is 2.08. The molecule has 0 atom stereocenters. The Morgan fingerprint density at radius 1 is 1.07 bits per heavy atom. The molecule has 4 rings (SSSR count). The fraction of sp³-hybridized carbons (Fsp3) is 0.174. The van der Waals surface area contributed by atoms with Gasteiger partial charge in [-0.2, -0.15) is 0 Å². The fourth-order valence-corrected chi connectivity index (χ4v) is 4.06. The molecule has 3 nitrogen and oxygen atoms in total. The van der Waals surface area contributed by atoms with Crippen LogP contribution in [0.1, 0.15) is 23.9 Å². The van der Waals surface area contributed by atoms with Crippen molar-refractivity contribution in [2.24, 2.45) is 0 Å². The Balaban J connectivity index is 1.77. The predicted molar refractivity (Wildman–Crippen MR) is 116 cm³/mol. The van der Waals surface area contributed by atoms with Gasteiger partial charge in [0.2, 0.25) is 0 Å². The minimum absolute atomic E-state index is 0.861. The van der Waals surface area contributed by atoms with Crippen molar-refractivity contribution in [3.8, 4) is 5.75 Å². The third-order valence-corrected chi connectivity index (χ3v) is 5.50. The molecular formula is C23H22N2OS. The molecule has 0 saturated heterocycles. The summed E-state index contributed by atoms with van der Waals surface area (Å²) < 4.78 is 6.49. The molecule has 136 valence electrons. The van der Waals surface area contributed by atoms with Crippen LogP contribution < -0.4 is 10.1 Å². The zero-order valence-corrected chi connectivity index (χ0v) is 16.3. The number of fused-ring (bicyclic) bond motifs is 3. The van der Waals surface area contributed by atoms with E-state index in [1.165, 1.54) is 15.5 Å². The van der Waals surface area contributed by atoms with Crippen molar-refractivity contribution in [3.63, 3.8) is 0 Å². The number of nitrogens with zero attached hydrogens (tertiary/aromatic N) is 1. The topological polar surface area (TPSA) is 34.2 Å². The number of hydrogen-bond acceptors (Lipinski definition) is 4. The summed E-state index contributed by atoms with van der Waals surface area (Å²) in [5.41, 5.74) is 3.30. The Bertz CT molecular complexity index is 1100. The molecule has 27 heavy (non-hydrogen) atoms. The average Bonchev–Trinajstić information content (AvgIpc) is 3.14. The van der Waals surface area contributed by atoms with Crippen molar-refractivity contribution in [1.82, 2.24) is 10.3 Å². The molecule has 0 unspecified atom stereocenters. The lowest BCUT2D eigenvalue weighted by Crippen LogP contribution is -2.12. The zero-order chi connectivity index (χ0) is 18.6. The van der Waals surface area contributed by atoms with Gasteiger partial charge in [-0.05, 0) is 53.8 Å². The van der Waals surface area contributed by atoms with E-state index in [-0.39, 0.29) is 0 Å². The van der Waals surface area contributed by atoms with Crippen molar-refractivity contribution < 1.29 is 4.74 Å². The second kappa shape index (κ2) is 7.80. The molecule has 4 aromatic rings. The molecule has 3 aromatic carbocycles. The molecular weight excluding hydrogens is 352 g/mol. The van der Waals surface area contributed by atoms with Crippen LogP contribution in [0.4, 0.5) is 0 Å². The van der Waals surface area contributed by atoms with Crippen LogP contribution in [0.3, 0.4) is 0 Å². The first kappa shape index (κ1) is 17.6. The predicted octanol–water partition coefficient (Wildman–Crippen LogP) is 5.96. The molecule has 1 aromatic heterocycles. The number of nitrogens with one attached hydrogen (secondary N) is 1. The summed E-state index contributed by atoms with van der Waals surface area (Å²) in [6.07, 6.45) is 3.22. The molecule has 0 saturated carbocycles. The van der Waals surface area contributed by atoms with Gasteiger partial charge in [-0.15, -0.1) is 11.3 Å². The molecule has 0 spiro atoms. The Kier molecular flexibility index (Phi) is 5.07. The van der Waals surface area contributed by atoms with E-state index in [4.69, 9.17) is 9.72 Å². The van der Waals surface area contributed by atoms with Gasteiger partial charge in [0.25, 0.3) is 0 Å². The van der Waals surface area contributed by atoms with E-state index in [1.807, 2.05) is 12.1 Å². The van der Waals surface area contributed by atoms with Gasteiger partial charge < -0.3 is 10.1 Å². The van der Waals surface area contributed by atoms with E-state index in [1.54, 1.807) is 18.4 Å².